The Morgan fingerprint density at radius 2 is 1.41 bits per heavy atom. The van der Waals surface area contributed by atoms with Crippen molar-refractivity contribution in [2.45, 2.75) is 90.8 Å². The number of hydrogen-bond acceptors (Lipinski definition) is 9. The molecule has 1 unspecified atom stereocenters. The molecule has 308 valence electrons. The summed E-state index contributed by atoms with van der Waals surface area (Å²) >= 11 is 6.25. The zero-order valence-corrected chi connectivity index (χ0v) is 34.8. The normalized spacial score (nSPS) is 24.3. The second kappa shape index (κ2) is 15.6. The maximum absolute atomic E-state index is 13.5. The zero-order valence-electron chi connectivity index (χ0n) is 34.1. The number of ether oxygens (including phenoxy) is 1. The van der Waals surface area contributed by atoms with Crippen LogP contribution in [0.15, 0.2) is 60.7 Å². The number of nitrogens with zero attached hydrogens (tertiary/aromatic N) is 4. The fraction of sp³-hybridized carbons (Fsp3) is 0.478. The zero-order chi connectivity index (χ0) is 41.8. The number of nitrogens with one attached hydrogen (secondary N) is 2. The summed E-state index contributed by atoms with van der Waals surface area (Å²) in [5.74, 6) is -0.173. The molecule has 3 aromatic carbocycles. The summed E-state index contributed by atoms with van der Waals surface area (Å²) in [5, 5.41) is 15.1. The van der Waals surface area contributed by atoms with Crippen molar-refractivity contribution >= 4 is 52.5 Å². The molecule has 3 saturated heterocycles. The van der Waals surface area contributed by atoms with Gasteiger partial charge in [-0.3, -0.25) is 34.2 Å². The number of carbonyl (C=O) groups is 5. The van der Waals surface area contributed by atoms with E-state index in [-0.39, 0.29) is 47.6 Å². The topological polar surface area (TPSA) is 152 Å². The molecule has 1 aliphatic carbocycles. The Kier molecular flexibility index (Phi) is 10.7. The number of imide groups is 2. The monoisotopic (exact) mass is 818 g/mol. The molecular formula is C46H51ClN6O6. The number of piperidine rings is 3. The molecule has 0 spiro atoms. The van der Waals surface area contributed by atoms with Crippen LogP contribution in [0.2, 0.25) is 5.02 Å². The lowest BCUT2D eigenvalue weighted by Crippen LogP contribution is -2.74. The summed E-state index contributed by atoms with van der Waals surface area (Å²) in [6.07, 6.45) is 5.62. The average Bonchev–Trinajstić information content (AvgIpc) is 3.47. The second-order valence-corrected chi connectivity index (χ2v) is 18.5. The molecule has 13 heteroatoms. The van der Waals surface area contributed by atoms with Gasteiger partial charge in [-0.15, -0.1) is 0 Å². The molecule has 0 bridgehead atoms. The minimum atomic E-state index is -0.968. The van der Waals surface area contributed by atoms with Crippen molar-refractivity contribution in [2.75, 3.05) is 36.0 Å². The SMILES string of the molecule is CC1(C)C(NC(=O)c2ccc(N3CCC(CC4CCN(c5ccc6c(c5)C(=O)N(C5CCC(=O)NC5=O)C6=O)CC4)CC3)cc2)C(C)(C)C1Oc1ccc(C#N)c(Cl)c1. The lowest BCUT2D eigenvalue weighted by atomic mass is 9.49. The number of fused-ring (bicyclic) bond motifs is 1. The third-order valence-electron chi connectivity index (χ3n) is 13.6. The summed E-state index contributed by atoms with van der Waals surface area (Å²) in [5.41, 5.74) is 2.98. The standard InChI is InChI=1S/C46H51ClN6O6/c1-45(2)43(46(3,4)44(45)59-33-11-7-30(26-48)36(47)25-33)50-39(55)29-5-8-31(9-6-29)51-19-15-27(16-20-51)23-28-17-21-52(22-18-28)32-10-12-34-35(24-32)42(58)53(41(34)57)37-13-14-38(54)49-40(37)56/h5-12,24-25,27-28,37,43-44H,13-23H2,1-4H3,(H,50,55)(H,49,54,56). The van der Waals surface area contributed by atoms with Crippen molar-refractivity contribution in [2.24, 2.45) is 22.7 Å². The van der Waals surface area contributed by atoms with Gasteiger partial charge < -0.3 is 19.9 Å². The van der Waals surface area contributed by atoms with E-state index in [1.54, 1.807) is 30.3 Å². The number of carbonyl (C=O) groups excluding carboxylic acids is 5. The van der Waals surface area contributed by atoms with Crippen LogP contribution in [-0.2, 0) is 9.59 Å². The molecule has 5 amide bonds. The van der Waals surface area contributed by atoms with E-state index in [0.29, 0.717) is 44.9 Å². The van der Waals surface area contributed by atoms with Crippen LogP contribution in [-0.4, -0.2) is 78.8 Å². The quantitative estimate of drug-likeness (QED) is 0.224. The van der Waals surface area contributed by atoms with Gasteiger partial charge >= 0.3 is 0 Å². The van der Waals surface area contributed by atoms with E-state index in [4.69, 9.17) is 16.3 Å². The Morgan fingerprint density at radius 1 is 0.814 bits per heavy atom. The van der Waals surface area contributed by atoms with Crippen LogP contribution in [0.5, 0.6) is 5.75 Å². The van der Waals surface area contributed by atoms with Crippen molar-refractivity contribution in [3.05, 3.63) is 87.9 Å². The van der Waals surface area contributed by atoms with E-state index in [9.17, 15) is 29.2 Å². The van der Waals surface area contributed by atoms with E-state index in [1.165, 1.54) is 6.42 Å². The van der Waals surface area contributed by atoms with Gasteiger partial charge in [-0.1, -0.05) is 39.3 Å². The van der Waals surface area contributed by atoms with Crippen molar-refractivity contribution in [1.29, 1.82) is 5.26 Å². The third-order valence-corrected chi connectivity index (χ3v) is 13.9. The summed E-state index contributed by atoms with van der Waals surface area (Å²) in [4.78, 5) is 69.8. The highest BCUT2D eigenvalue weighted by molar-refractivity contribution is 6.31. The van der Waals surface area contributed by atoms with Gasteiger partial charge in [-0.05, 0) is 105 Å². The van der Waals surface area contributed by atoms with Crippen LogP contribution in [0.4, 0.5) is 11.4 Å². The molecule has 4 fully saturated rings. The van der Waals surface area contributed by atoms with E-state index < -0.39 is 23.8 Å². The lowest BCUT2D eigenvalue weighted by molar-refractivity contribution is -0.164. The molecule has 59 heavy (non-hydrogen) atoms. The van der Waals surface area contributed by atoms with Crippen LogP contribution < -0.4 is 25.2 Å². The van der Waals surface area contributed by atoms with Gasteiger partial charge in [0.25, 0.3) is 17.7 Å². The second-order valence-electron chi connectivity index (χ2n) is 18.1. The number of nitriles is 1. The third kappa shape index (κ3) is 7.54. The Hall–Kier alpha value is -5.41. The maximum Gasteiger partial charge on any atom is 0.262 e. The highest BCUT2D eigenvalue weighted by Crippen LogP contribution is 2.55. The van der Waals surface area contributed by atoms with E-state index in [1.807, 2.05) is 18.2 Å². The van der Waals surface area contributed by atoms with Gasteiger partial charge in [-0.2, -0.15) is 5.26 Å². The Bertz CT molecular complexity index is 2220. The van der Waals surface area contributed by atoms with E-state index >= 15 is 0 Å². The molecule has 0 aromatic heterocycles. The number of rotatable bonds is 9. The van der Waals surface area contributed by atoms with Crippen molar-refractivity contribution in [1.82, 2.24) is 15.5 Å². The first kappa shape index (κ1) is 40.4. The molecule has 5 aliphatic rings. The van der Waals surface area contributed by atoms with Crippen molar-refractivity contribution in [3.8, 4) is 11.8 Å². The number of benzene rings is 3. The number of halogens is 1. The lowest BCUT2D eigenvalue weighted by Gasteiger charge is -2.63. The summed E-state index contributed by atoms with van der Waals surface area (Å²) in [6.45, 7) is 12.1. The Balaban J connectivity index is 0.789. The number of amides is 5. The fourth-order valence-corrected chi connectivity index (χ4v) is 10.8. The van der Waals surface area contributed by atoms with Gasteiger partial charge in [0.1, 0.15) is 24.0 Å². The van der Waals surface area contributed by atoms with Crippen LogP contribution >= 0.6 is 11.6 Å². The van der Waals surface area contributed by atoms with Crippen LogP contribution in [0, 0.1) is 34.0 Å². The first-order valence-corrected chi connectivity index (χ1v) is 21.2. The Morgan fingerprint density at radius 3 is 2.00 bits per heavy atom. The minimum Gasteiger partial charge on any atom is -0.489 e. The molecule has 1 saturated carbocycles. The predicted octanol–water partition coefficient (Wildman–Crippen LogP) is 6.75. The summed E-state index contributed by atoms with van der Waals surface area (Å²) in [6, 6.07) is 19.4. The van der Waals surface area contributed by atoms with Gasteiger partial charge in [0.15, 0.2) is 0 Å². The minimum absolute atomic E-state index is 0.0948. The van der Waals surface area contributed by atoms with Crippen LogP contribution in [0.1, 0.15) is 109 Å². The molecule has 1 atom stereocenters. The predicted molar refractivity (Wildman–Crippen MR) is 223 cm³/mol. The molecular weight excluding hydrogens is 768 g/mol. The highest BCUT2D eigenvalue weighted by atomic mass is 35.5. The van der Waals surface area contributed by atoms with Gasteiger partial charge in [0.2, 0.25) is 11.8 Å². The molecule has 0 radical (unpaired) electrons. The highest BCUT2D eigenvalue weighted by Gasteiger charge is 2.64. The summed E-state index contributed by atoms with van der Waals surface area (Å²) < 4.78 is 6.39. The van der Waals surface area contributed by atoms with Crippen molar-refractivity contribution in [3.63, 3.8) is 0 Å². The number of anilines is 2. The van der Waals surface area contributed by atoms with Crippen LogP contribution in [0.25, 0.3) is 0 Å². The fourth-order valence-electron chi connectivity index (χ4n) is 10.6. The van der Waals surface area contributed by atoms with Crippen LogP contribution in [0.3, 0.4) is 0 Å². The van der Waals surface area contributed by atoms with Crippen molar-refractivity contribution < 1.29 is 28.7 Å². The molecule has 8 rings (SSSR count). The first-order chi connectivity index (χ1) is 28.1. The molecule has 4 heterocycles. The van der Waals surface area contributed by atoms with E-state index in [2.05, 4.69) is 66.3 Å². The maximum atomic E-state index is 13.5. The largest absolute Gasteiger partial charge is 0.489 e. The molecule has 12 nitrogen and oxygen atoms in total. The number of hydrogen-bond donors (Lipinski definition) is 2. The first-order valence-electron chi connectivity index (χ1n) is 20.8. The van der Waals surface area contributed by atoms with Gasteiger partial charge in [-0.25, -0.2) is 0 Å². The average molecular weight is 819 g/mol. The Labute approximate surface area is 350 Å². The van der Waals surface area contributed by atoms with Gasteiger partial charge in [0, 0.05) is 72.5 Å². The van der Waals surface area contributed by atoms with E-state index in [0.717, 1.165) is 68.1 Å². The molecule has 2 N–H and O–H groups in total. The molecule has 3 aromatic rings. The van der Waals surface area contributed by atoms with Gasteiger partial charge in [0.05, 0.1) is 21.7 Å². The smallest absolute Gasteiger partial charge is 0.262 e. The summed E-state index contributed by atoms with van der Waals surface area (Å²) in [7, 11) is 0. The molecule has 4 aliphatic heterocycles.